The minimum absolute atomic E-state index is 0.119. The fraction of sp³-hybridized carbons (Fsp3) is 0.586. The summed E-state index contributed by atoms with van der Waals surface area (Å²) in [6.45, 7) is 3.97. The third kappa shape index (κ3) is 8.30. The first-order valence-corrected chi connectivity index (χ1v) is 14.2. The van der Waals surface area contributed by atoms with E-state index in [1.807, 2.05) is 24.1 Å². The molecule has 2 aromatic rings. The minimum Gasteiger partial charge on any atom is -0.396 e. The summed E-state index contributed by atoms with van der Waals surface area (Å²) >= 11 is 0. The van der Waals surface area contributed by atoms with Crippen LogP contribution < -0.4 is 15.1 Å². The topological polar surface area (TPSA) is 109 Å². The lowest BCUT2D eigenvalue weighted by atomic mass is 9.93. The molecule has 0 radical (unpaired) electrons. The van der Waals surface area contributed by atoms with Crippen molar-refractivity contribution < 1.29 is 23.1 Å². The Balaban J connectivity index is 1.36. The van der Waals surface area contributed by atoms with Gasteiger partial charge in [-0.25, -0.2) is 9.97 Å². The number of hydrogen-bond donors (Lipinski definition) is 2. The second-order valence-corrected chi connectivity index (χ2v) is 10.9. The zero-order valence-corrected chi connectivity index (χ0v) is 23.4. The van der Waals surface area contributed by atoms with Crippen LogP contribution in [0.4, 0.5) is 24.8 Å². The molecule has 41 heavy (non-hydrogen) atoms. The number of hydrogen-bond acceptors (Lipinski definition) is 8. The van der Waals surface area contributed by atoms with E-state index in [4.69, 9.17) is 10.4 Å². The Kier molecular flexibility index (Phi) is 10.4. The van der Waals surface area contributed by atoms with Crippen LogP contribution in [0.15, 0.2) is 30.3 Å². The van der Waals surface area contributed by atoms with Gasteiger partial charge in [-0.05, 0) is 75.7 Å². The molecule has 1 aromatic heterocycles. The average Bonchev–Trinajstić information content (AvgIpc) is 2.94. The number of aliphatic hydroxyl groups is 1. The van der Waals surface area contributed by atoms with Gasteiger partial charge in [0, 0.05) is 45.4 Å². The van der Waals surface area contributed by atoms with Crippen LogP contribution in [0.2, 0.25) is 0 Å². The van der Waals surface area contributed by atoms with Crippen molar-refractivity contribution in [2.24, 2.45) is 5.92 Å². The molecular formula is C29H38F3N7O2. The molecule has 12 heteroatoms. The van der Waals surface area contributed by atoms with Crippen LogP contribution >= 0.6 is 0 Å². The molecule has 0 bridgehead atoms. The molecule has 4 rings (SSSR count). The van der Waals surface area contributed by atoms with Gasteiger partial charge in [-0.15, -0.1) is 0 Å². The molecule has 0 spiro atoms. The lowest BCUT2D eigenvalue weighted by molar-refractivity contribution is -0.144. The van der Waals surface area contributed by atoms with Gasteiger partial charge in [0.05, 0.1) is 11.6 Å². The molecule has 1 atom stereocenters. The number of nitrogens with zero attached hydrogens (tertiary/aromatic N) is 6. The number of halogens is 3. The maximum Gasteiger partial charge on any atom is 0.451 e. The summed E-state index contributed by atoms with van der Waals surface area (Å²) in [4.78, 5) is 26.3. The van der Waals surface area contributed by atoms with Crippen molar-refractivity contribution in [2.75, 3.05) is 62.7 Å². The Hall–Kier alpha value is -3.43. The first-order valence-electron chi connectivity index (χ1n) is 14.2. The second-order valence-electron chi connectivity index (χ2n) is 10.9. The van der Waals surface area contributed by atoms with Gasteiger partial charge < -0.3 is 25.1 Å². The Morgan fingerprint density at radius 1 is 1.12 bits per heavy atom. The molecule has 0 aliphatic carbocycles. The van der Waals surface area contributed by atoms with Gasteiger partial charge in [-0.2, -0.15) is 18.4 Å². The molecule has 1 amide bonds. The van der Waals surface area contributed by atoms with Crippen LogP contribution in [0.25, 0.3) is 0 Å². The second kappa shape index (κ2) is 14.0. The number of aromatic nitrogens is 2. The molecule has 0 saturated carbocycles. The smallest absolute Gasteiger partial charge is 0.396 e. The fourth-order valence-corrected chi connectivity index (χ4v) is 5.29. The van der Waals surface area contributed by atoms with Gasteiger partial charge in [0.15, 0.2) is 0 Å². The summed E-state index contributed by atoms with van der Waals surface area (Å²) in [5.74, 6) is -0.590. The number of piperidine rings is 1. The van der Waals surface area contributed by atoms with E-state index < -0.39 is 18.0 Å². The van der Waals surface area contributed by atoms with Crippen molar-refractivity contribution in [2.45, 2.75) is 50.7 Å². The highest BCUT2D eigenvalue weighted by atomic mass is 19.4. The van der Waals surface area contributed by atoms with Gasteiger partial charge >= 0.3 is 6.18 Å². The summed E-state index contributed by atoms with van der Waals surface area (Å²) in [7, 11) is 2.03. The summed E-state index contributed by atoms with van der Waals surface area (Å²) in [6.07, 6.45) is -0.119. The Morgan fingerprint density at radius 3 is 2.44 bits per heavy atom. The standard InChI is InChI=1S/C29H38F3N7O2/c1-37(13-2-18-40)14-8-22-9-15-38(16-10-22)25-19-26(36-28(35-25)29(30,31)32)39-17-11-24(39)27(41)34-12-7-21-3-5-23(20-33)6-4-21/h3-6,19,22,24,40H,2,7-18H2,1H3,(H,34,41). The number of amides is 1. The van der Waals surface area contributed by atoms with Crippen molar-refractivity contribution in [1.82, 2.24) is 20.2 Å². The van der Waals surface area contributed by atoms with E-state index in [0.717, 1.165) is 44.3 Å². The molecule has 2 fully saturated rings. The molecule has 222 valence electrons. The molecule has 3 heterocycles. The normalized spacial score (nSPS) is 17.8. The first-order chi connectivity index (χ1) is 19.7. The number of aliphatic hydroxyl groups excluding tert-OH is 1. The Labute approximate surface area is 239 Å². The fourth-order valence-electron chi connectivity index (χ4n) is 5.29. The van der Waals surface area contributed by atoms with Crippen molar-refractivity contribution in [3.63, 3.8) is 0 Å². The highest BCUT2D eigenvalue weighted by Gasteiger charge is 2.40. The van der Waals surface area contributed by atoms with Gasteiger partial charge in [0.1, 0.15) is 17.7 Å². The molecule has 1 aromatic carbocycles. The van der Waals surface area contributed by atoms with Crippen LogP contribution in [0.1, 0.15) is 49.1 Å². The predicted octanol–water partition coefficient (Wildman–Crippen LogP) is 3.23. The number of anilines is 2. The number of nitriles is 1. The number of alkyl halides is 3. The molecule has 9 nitrogen and oxygen atoms in total. The van der Waals surface area contributed by atoms with Crippen LogP contribution in [0, 0.1) is 17.2 Å². The van der Waals surface area contributed by atoms with Crippen molar-refractivity contribution in [3.05, 3.63) is 47.3 Å². The largest absolute Gasteiger partial charge is 0.451 e. The predicted molar refractivity (Wildman–Crippen MR) is 149 cm³/mol. The van der Waals surface area contributed by atoms with Gasteiger partial charge in [-0.1, -0.05) is 12.1 Å². The molecule has 2 saturated heterocycles. The first kappa shape index (κ1) is 30.5. The van der Waals surface area contributed by atoms with E-state index in [2.05, 4.69) is 26.3 Å². The Bertz CT molecular complexity index is 1190. The van der Waals surface area contributed by atoms with E-state index in [-0.39, 0.29) is 24.1 Å². The SMILES string of the molecule is CN(CCCO)CCC1CCN(c2cc(N3CCC3C(=O)NCCc3ccc(C#N)cc3)nc(C(F)(F)F)n2)CC1. The third-order valence-electron chi connectivity index (χ3n) is 7.92. The van der Waals surface area contributed by atoms with Crippen LogP contribution in [-0.2, 0) is 17.4 Å². The Morgan fingerprint density at radius 2 is 1.83 bits per heavy atom. The maximum absolute atomic E-state index is 13.8. The highest BCUT2D eigenvalue weighted by Crippen LogP contribution is 2.34. The molecule has 2 aliphatic heterocycles. The van der Waals surface area contributed by atoms with Crippen molar-refractivity contribution in [3.8, 4) is 6.07 Å². The molecule has 1 unspecified atom stereocenters. The van der Waals surface area contributed by atoms with E-state index in [0.29, 0.717) is 50.5 Å². The number of rotatable bonds is 12. The van der Waals surface area contributed by atoms with E-state index >= 15 is 0 Å². The highest BCUT2D eigenvalue weighted by molar-refractivity contribution is 5.86. The minimum atomic E-state index is -4.70. The molecule has 2 N–H and O–H groups in total. The van der Waals surface area contributed by atoms with Crippen molar-refractivity contribution in [1.29, 1.82) is 5.26 Å². The molecule has 2 aliphatic rings. The van der Waals surface area contributed by atoms with Gasteiger partial charge in [0.25, 0.3) is 0 Å². The summed E-state index contributed by atoms with van der Waals surface area (Å²) < 4.78 is 41.3. The number of nitrogens with one attached hydrogen (secondary N) is 1. The summed E-state index contributed by atoms with van der Waals surface area (Å²) in [5.41, 5.74) is 1.54. The van der Waals surface area contributed by atoms with E-state index in [1.54, 1.807) is 23.1 Å². The lowest BCUT2D eigenvalue weighted by Gasteiger charge is -2.41. The average molecular weight is 574 g/mol. The number of benzene rings is 1. The lowest BCUT2D eigenvalue weighted by Crippen LogP contribution is -2.57. The summed E-state index contributed by atoms with van der Waals surface area (Å²) in [5, 5.41) is 20.8. The van der Waals surface area contributed by atoms with Gasteiger partial charge in [0.2, 0.25) is 11.7 Å². The van der Waals surface area contributed by atoms with Crippen LogP contribution in [0.5, 0.6) is 0 Å². The maximum atomic E-state index is 13.8. The van der Waals surface area contributed by atoms with Crippen molar-refractivity contribution >= 4 is 17.5 Å². The monoisotopic (exact) mass is 573 g/mol. The molecular weight excluding hydrogens is 535 g/mol. The zero-order valence-electron chi connectivity index (χ0n) is 23.4. The number of carbonyl (C=O) groups excluding carboxylic acids is 1. The number of carbonyl (C=O) groups is 1. The zero-order chi connectivity index (χ0) is 29.4. The van der Waals surface area contributed by atoms with E-state index in [9.17, 15) is 18.0 Å². The summed E-state index contributed by atoms with van der Waals surface area (Å²) in [6, 6.07) is 10.2. The third-order valence-corrected chi connectivity index (χ3v) is 7.92. The van der Waals surface area contributed by atoms with Crippen LogP contribution in [-0.4, -0.2) is 84.8 Å². The van der Waals surface area contributed by atoms with Crippen LogP contribution in [0.3, 0.4) is 0 Å². The quantitative estimate of drug-likeness (QED) is 0.399. The van der Waals surface area contributed by atoms with Gasteiger partial charge in [-0.3, -0.25) is 4.79 Å². The van der Waals surface area contributed by atoms with E-state index in [1.165, 1.54) is 0 Å².